The van der Waals surface area contributed by atoms with Crippen LogP contribution >= 0.6 is 0 Å². The molecule has 132 valence electrons. The van der Waals surface area contributed by atoms with Crippen LogP contribution in [-0.4, -0.2) is 29.6 Å². The van der Waals surface area contributed by atoms with E-state index in [1.165, 1.54) is 6.92 Å². The number of hydrogen-bond donors (Lipinski definition) is 3. The molecule has 0 saturated carbocycles. The molecular weight excluding hydrogens is 314 g/mol. The number of nitrogens with one attached hydrogen (secondary N) is 2. The van der Waals surface area contributed by atoms with E-state index in [1.807, 2.05) is 5.43 Å². The molecule has 0 radical (unpaired) electrons. The second kappa shape index (κ2) is 8.30. The summed E-state index contributed by atoms with van der Waals surface area (Å²) in [7, 11) is 0. The molecule has 1 rings (SSSR count). The quantitative estimate of drug-likeness (QED) is 0.243. The lowest BCUT2D eigenvalue weighted by atomic mass is 10.1. The lowest BCUT2D eigenvalue weighted by Crippen LogP contribution is -2.43. The molecule has 24 heavy (non-hydrogen) atoms. The summed E-state index contributed by atoms with van der Waals surface area (Å²) in [5.74, 6) is 4.36. The number of nitrogens with two attached hydrogens (primary N) is 1. The number of hydrazine groups is 1. The summed E-state index contributed by atoms with van der Waals surface area (Å²) in [6.45, 7) is 6.67. The summed E-state index contributed by atoms with van der Waals surface area (Å²) in [6, 6.07) is 5.52. The fourth-order valence-corrected chi connectivity index (χ4v) is 1.66. The van der Waals surface area contributed by atoms with Crippen molar-refractivity contribution in [2.24, 2.45) is 5.84 Å². The van der Waals surface area contributed by atoms with Crippen molar-refractivity contribution in [1.29, 1.82) is 0 Å². The first-order valence-electron chi connectivity index (χ1n) is 7.40. The van der Waals surface area contributed by atoms with Gasteiger partial charge in [-0.2, -0.15) is 0 Å². The molecule has 0 unspecified atom stereocenters. The molecule has 0 aliphatic rings. The van der Waals surface area contributed by atoms with Gasteiger partial charge in [0.15, 0.2) is 0 Å². The van der Waals surface area contributed by atoms with Gasteiger partial charge < -0.3 is 14.8 Å². The number of alkyl carbamates (subject to hydrolysis) is 1. The van der Waals surface area contributed by atoms with Crippen LogP contribution in [0.5, 0.6) is 5.75 Å². The second-order valence-electron chi connectivity index (χ2n) is 6.18. The fraction of sp³-hybridized carbons (Fsp3) is 0.438. The van der Waals surface area contributed by atoms with E-state index in [0.717, 1.165) is 5.56 Å². The Morgan fingerprint density at radius 1 is 1.17 bits per heavy atom. The molecule has 0 bridgehead atoms. The van der Waals surface area contributed by atoms with Gasteiger partial charge in [0.25, 0.3) is 0 Å². The monoisotopic (exact) mass is 337 g/mol. The van der Waals surface area contributed by atoms with Crippen molar-refractivity contribution in [3.05, 3.63) is 29.8 Å². The maximum atomic E-state index is 11.9. The van der Waals surface area contributed by atoms with Crippen molar-refractivity contribution in [3.8, 4) is 5.75 Å². The number of carbonyl (C=O) groups excluding carboxylic acids is 3. The van der Waals surface area contributed by atoms with E-state index in [2.05, 4.69) is 5.32 Å². The fourth-order valence-electron chi connectivity index (χ4n) is 1.66. The third-order valence-electron chi connectivity index (χ3n) is 2.75. The summed E-state index contributed by atoms with van der Waals surface area (Å²) in [6.07, 6.45) is -0.573. The van der Waals surface area contributed by atoms with Crippen molar-refractivity contribution in [2.75, 3.05) is 0 Å². The van der Waals surface area contributed by atoms with Crippen molar-refractivity contribution >= 4 is 18.0 Å². The van der Waals surface area contributed by atoms with Crippen molar-refractivity contribution in [1.82, 2.24) is 10.7 Å². The third kappa shape index (κ3) is 7.10. The zero-order valence-electron chi connectivity index (χ0n) is 14.2. The Balaban J connectivity index is 2.54. The molecule has 2 amide bonds. The SMILES string of the molecule is C[C@H](NC(=O)OC(C)(C)C)C(=O)Oc1ccc(CC(=O)NN)cc1. The molecule has 0 fully saturated rings. The Hall–Kier alpha value is -2.61. The number of benzene rings is 1. The van der Waals surface area contributed by atoms with Gasteiger partial charge in [-0.1, -0.05) is 12.1 Å². The third-order valence-corrected chi connectivity index (χ3v) is 2.75. The topological polar surface area (TPSA) is 120 Å². The van der Waals surface area contributed by atoms with Gasteiger partial charge in [0.2, 0.25) is 5.91 Å². The normalized spacial score (nSPS) is 12.0. The zero-order chi connectivity index (χ0) is 18.3. The number of esters is 1. The van der Waals surface area contributed by atoms with E-state index in [-0.39, 0.29) is 12.3 Å². The van der Waals surface area contributed by atoms with E-state index in [4.69, 9.17) is 15.3 Å². The number of amides is 2. The van der Waals surface area contributed by atoms with Crippen LogP contribution in [0.25, 0.3) is 0 Å². The van der Waals surface area contributed by atoms with Crippen molar-refractivity contribution < 1.29 is 23.9 Å². The Labute approximate surface area is 140 Å². The number of hydrogen-bond acceptors (Lipinski definition) is 6. The predicted molar refractivity (Wildman–Crippen MR) is 86.9 cm³/mol. The molecular formula is C16H23N3O5. The summed E-state index contributed by atoms with van der Waals surface area (Å²) < 4.78 is 10.2. The minimum absolute atomic E-state index is 0.126. The molecule has 8 heteroatoms. The van der Waals surface area contributed by atoms with E-state index in [9.17, 15) is 14.4 Å². The smallest absolute Gasteiger partial charge is 0.408 e. The van der Waals surface area contributed by atoms with E-state index in [0.29, 0.717) is 5.75 Å². The molecule has 0 spiro atoms. The number of carbonyl (C=O) groups is 3. The van der Waals surface area contributed by atoms with Gasteiger partial charge >= 0.3 is 12.1 Å². The maximum Gasteiger partial charge on any atom is 0.408 e. The highest BCUT2D eigenvalue weighted by Crippen LogP contribution is 2.13. The van der Waals surface area contributed by atoms with Crippen LogP contribution in [0.4, 0.5) is 4.79 Å². The van der Waals surface area contributed by atoms with Crippen LogP contribution in [0, 0.1) is 0 Å². The minimum Gasteiger partial charge on any atom is -0.444 e. The highest BCUT2D eigenvalue weighted by molar-refractivity contribution is 5.82. The summed E-state index contributed by atoms with van der Waals surface area (Å²) in [4.78, 5) is 34.7. The van der Waals surface area contributed by atoms with Crippen LogP contribution in [-0.2, 0) is 20.7 Å². The molecule has 8 nitrogen and oxygen atoms in total. The first-order valence-corrected chi connectivity index (χ1v) is 7.40. The van der Waals surface area contributed by atoms with Crippen molar-refractivity contribution in [3.63, 3.8) is 0 Å². The van der Waals surface area contributed by atoms with Crippen LogP contribution < -0.4 is 21.3 Å². The number of rotatable bonds is 5. The number of ether oxygens (including phenoxy) is 2. The van der Waals surface area contributed by atoms with Gasteiger partial charge in [-0.15, -0.1) is 0 Å². The Morgan fingerprint density at radius 2 is 1.75 bits per heavy atom. The molecule has 0 saturated heterocycles. The van der Waals surface area contributed by atoms with Crippen molar-refractivity contribution in [2.45, 2.75) is 45.8 Å². The maximum absolute atomic E-state index is 11.9. The molecule has 1 atom stereocenters. The van der Waals surface area contributed by atoms with Crippen LogP contribution in [0.3, 0.4) is 0 Å². The lowest BCUT2D eigenvalue weighted by molar-refractivity contribution is -0.136. The molecule has 1 aromatic carbocycles. The first-order chi connectivity index (χ1) is 11.1. The lowest BCUT2D eigenvalue weighted by Gasteiger charge is -2.21. The second-order valence-corrected chi connectivity index (χ2v) is 6.18. The largest absolute Gasteiger partial charge is 0.444 e. The molecule has 0 aromatic heterocycles. The Bertz CT molecular complexity index is 593. The van der Waals surface area contributed by atoms with Gasteiger partial charge in [0.05, 0.1) is 6.42 Å². The van der Waals surface area contributed by atoms with Gasteiger partial charge in [0.1, 0.15) is 17.4 Å². The minimum atomic E-state index is -0.873. The van der Waals surface area contributed by atoms with Gasteiger partial charge in [-0.05, 0) is 45.4 Å². The average molecular weight is 337 g/mol. The van der Waals surface area contributed by atoms with Gasteiger partial charge in [-0.25, -0.2) is 15.4 Å². The van der Waals surface area contributed by atoms with Gasteiger partial charge in [-0.3, -0.25) is 10.2 Å². The highest BCUT2D eigenvalue weighted by atomic mass is 16.6. The predicted octanol–water partition coefficient (Wildman–Crippen LogP) is 1.04. The first kappa shape index (κ1) is 19.4. The Morgan fingerprint density at radius 3 is 2.25 bits per heavy atom. The highest BCUT2D eigenvalue weighted by Gasteiger charge is 2.22. The van der Waals surface area contributed by atoms with Crippen LogP contribution in [0.15, 0.2) is 24.3 Å². The molecule has 0 aliphatic heterocycles. The van der Waals surface area contributed by atoms with Crippen LogP contribution in [0.2, 0.25) is 0 Å². The average Bonchev–Trinajstić information content (AvgIpc) is 2.46. The van der Waals surface area contributed by atoms with E-state index >= 15 is 0 Å². The zero-order valence-corrected chi connectivity index (χ0v) is 14.2. The summed E-state index contributed by atoms with van der Waals surface area (Å²) in [5.41, 5.74) is 2.10. The molecule has 0 heterocycles. The molecule has 4 N–H and O–H groups in total. The summed E-state index contributed by atoms with van der Waals surface area (Å²) in [5, 5.41) is 2.40. The van der Waals surface area contributed by atoms with Gasteiger partial charge in [0, 0.05) is 0 Å². The van der Waals surface area contributed by atoms with E-state index < -0.39 is 23.7 Å². The molecule has 1 aromatic rings. The van der Waals surface area contributed by atoms with E-state index in [1.54, 1.807) is 45.0 Å². The standard InChI is InChI=1S/C16H23N3O5/c1-10(18-15(22)24-16(2,3)4)14(21)23-12-7-5-11(6-8-12)9-13(20)19-17/h5-8,10H,9,17H2,1-4H3,(H,18,22)(H,19,20)/t10-/m0/s1. The molecule has 0 aliphatic carbocycles. The Kier molecular flexibility index (Phi) is 6.72. The summed E-state index contributed by atoms with van der Waals surface area (Å²) >= 11 is 0. The van der Waals surface area contributed by atoms with Crippen LogP contribution in [0.1, 0.15) is 33.3 Å².